The van der Waals surface area contributed by atoms with Crippen LogP contribution in [0.2, 0.25) is 0 Å². The number of carbonyl (C=O) groups excluding carboxylic acids is 1. The summed E-state index contributed by atoms with van der Waals surface area (Å²) in [5, 5.41) is 3.18. The van der Waals surface area contributed by atoms with Crippen LogP contribution in [0.3, 0.4) is 0 Å². The van der Waals surface area contributed by atoms with Crippen LogP contribution in [-0.2, 0) is 4.79 Å². The molecule has 0 aromatic heterocycles. The van der Waals surface area contributed by atoms with Gasteiger partial charge in [-0.25, -0.2) is 0 Å². The van der Waals surface area contributed by atoms with Crippen molar-refractivity contribution >= 4 is 18.3 Å². The summed E-state index contributed by atoms with van der Waals surface area (Å²) >= 11 is 0. The van der Waals surface area contributed by atoms with Gasteiger partial charge in [0.25, 0.3) is 0 Å². The standard InChI is InChI=1S/C17H26N2O.ClH/c1-3-12(2)16(14-7-5-4-6-8-14)17(20)19-15(11-18)13-9-10-13;/h4-8,12-13,15-16H,3,9-11,18H2,1-2H3,(H,19,20);1H. The minimum absolute atomic E-state index is 0. The Bertz CT molecular complexity index is 434. The SMILES string of the molecule is CCC(C)C(C(=O)NC(CN)C1CC1)c1ccccc1.Cl. The van der Waals surface area contributed by atoms with Crippen molar-refractivity contribution < 1.29 is 4.79 Å². The Hall–Kier alpha value is -1.06. The maximum Gasteiger partial charge on any atom is 0.228 e. The van der Waals surface area contributed by atoms with E-state index in [1.165, 1.54) is 12.8 Å². The number of benzene rings is 1. The molecule has 0 saturated heterocycles. The van der Waals surface area contributed by atoms with Crippen molar-refractivity contribution in [1.29, 1.82) is 0 Å². The van der Waals surface area contributed by atoms with E-state index in [4.69, 9.17) is 5.73 Å². The number of rotatable bonds is 7. The summed E-state index contributed by atoms with van der Waals surface area (Å²) in [5.41, 5.74) is 6.90. The molecule has 0 heterocycles. The smallest absolute Gasteiger partial charge is 0.228 e. The number of amides is 1. The lowest BCUT2D eigenvalue weighted by atomic mass is 9.84. The van der Waals surface area contributed by atoms with Crippen LogP contribution >= 0.6 is 12.4 Å². The first-order chi connectivity index (χ1) is 9.67. The third-order valence-electron chi connectivity index (χ3n) is 4.43. The highest BCUT2D eigenvalue weighted by molar-refractivity contribution is 5.85. The first-order valence-corrected chi connectivity index (χ1v) is 7.72. The van der Waals surface area contributed by atoms with Crippen LogP contribution in [0.5, 0.6) is 0 Å². The number of carbonyl (C=O) groups is 1. The van der Waals surface area contributed by atoms with E-state index in [-0.39, 0.29) is 30.3 Å². The minimum atomic E-state index is -0.0750. The fourth-order valence-corrected chi connectivity index (χ4v) is 2.77. The number of nitrogens with one attached hydrogen (secondary N) is 1. The van der Waals surface area contributed by atoms with Gasteiger partial charge in [-0.15, -0.1) is 12.4 Å². The molecular weight excluding hydrogens is 284 g/mol. The Balaban J connectivity index is 0.00000220. The molecule has 21 heavy (non-hydrogen) atoms. The quantitative estimate of drug-likeness (QED) is 0.813. The molecule has 2 rings (SSSR count). The Kier molecular flexibility index (Phi) is 7.20. The lowest BCUT2D eigenvalue weighted by molar-refractivity contribution is -0.124. The molecule has 1 aliphatic carbocycles. The Morgan fingerprint density at radius 3 is 2.43 bits per heavy atom. The van der Waals surface area contributed by atoms with Gasteiger partial charge in [0.1, 0.15) is 0 Å². The molecule has 0 bridgehead atoms. The fraction of sp³-hybridized carbons (Fsp3) is 0.588. The summed E-state index contributed by atoms with van der Waals surface area (Å²) in [6.45, 7) is 4.82. The molecule has 3 unspecified atom stereocenters. The second-order valence-corrected chi connectivity index (χ2v) is 5.96. The van der Waals surface area contributed by atoms with E-state index in [9.17, 15) is 4.79 Å². The first kappa shape index (κ1) is 18.0. The van der Waals surface area contributed by atoms with Gasteiger partial charge in [-0.1, -0.05) is 50.6 Å². The first-order valence-electron chi connectivity index (χ1n) is 7.72. The maximum absolute atomic E-state index is 12.7. The minimum Gasteiger partial charge on any atom is -0.351 e. The van der Waals surface area contributed by atoms with Gasteiger partial charge in [0, 0.05) is 12.6 Å². The highest BCUT2D eigenvalue weighted by atomic mass is 35.5. The summed E-state index contributed by atoms with van der Waals surface area (Å²) < 4.78 is 0. The molecule has 1 saturated carbocycles. The molecule has 0 aliphatic heterocycles. The Morgan fingerprint density at radius 1 is 1.33 bits per heavy atom. The lowest BCUT2D eigenvalue weighted by Gasteiger charge is -2.26. The van der Waals surface area contributed by atoms with E-state index in [0.29, 0.717) is 18.4 Å². The third-order valence-corrected chi connectivity index (χ3v) is 4.43. The van der Waals surface area contributed by atoms with Gasteiger partial charge < -0.3 is 11.1 Å². The van der Waals surface area contributed by atoms with Gasteiger partial charge in [0.05, 0.1) is 5.92 Å². The molecule has 1 fully saturated rings. The summed E-state index contributed by atoms with van der Waals surface area (Å²) in [4.78, 5) is 12.7. The summed E-state index contributed by atoms with van der Waals surface area (Å²) in [6.07, 6.45) is 3.38. The van der Waals surface area contributed by atoms with Crippen molar-refractivity contribution in [2.45, 2.75) is 45.1 Å². The zero-order valence-corrected chi connectivity index (χ0v) is 13.7. The largest absolute Gasteiger partial charge is 0.351 e. The van der Waals surface area contributed by atoms with Crippen molar-refractivity contribution in [3.05, 3.63) is 35.9 Å². The van der Waals surface area contributed by atoms with Gasteiger partial charge in [-0.3, -0.25) is 4.79 Å². The van der Waals surface area contributed by atoms with Crippen LogP contribution < -0.4 is 11.1 Å². The van der Waals surface area contributed by atoms with Crippen LogP contribution in [0, 0.1) is 11.8 Å². The predicted molar refractivity (Wildman–Crippen MR) is 89.6 cm³/mol. The van der Waals surface area contributed by atoms with Crippen molar-refractivity contribution in [3.63, 3.8) is 0 Å². The van der Waals surface area contributed by atoms with E-state index in [2.05, 4.69) is 19.2 Å². The van der Waals surface area contributed by atoms with Crippen LogP contribution in [0.15, 0.2) is 30.3 Å². The van der Waals surface area contributed by atoms with Crippen LogP contribution in [0.25, 0.3) is 0 Å². The second-order valence-electron chi connectivity index (χ2n) is 5.96. The topological polar surface area (TPSA) is 55.1 Å². The normalized spacial score (nSPS) is 18.2. The summed E-state index contributed by atoms with van der Waals surface area (Å²) in [7, 11) is 0. The molecule has 0 spiro atoms. The third kappa shape index (κ3) is 4.72. The van der Waals surface area contributed by atoms with Gasteiger partial charge in [-0.2, -0.15) is 0 Å². The van der Waals surface area contributed by atoms with Crippen molar-refractivity contribution in [3.8, 4) is 0 Å². The van der Waals surface area contributed by atoms with Gasteiger partial charge in [0.15, 0.2) is 0 Å². The zero-order valence-electron chi connectivity index (χ0n) is 12.9. The van der Waals surface area contributed by atoms with E-state index in [1.807, 2.05) is 30.3 Å². The van der Waals surface area contributed by atoms with Gasteiger partial charge in [-0.05, 0) is 30.2 Å². The molecule has 4 heteroatoms. The van der Waals surface area contributed by atoms with Gasteiger partial charge >= 0.3 is 0 Å². The molecule has 3 atom stereocenters. The van der Waals surface area contributed by atoms with Crippen LogP contribution in [-0.4, -0.2) is 18.5 Å². The maximum atomic E-state index is 12.7. The average molecular weight is 311 g/mol. The second kappa shape index (κ2) is 8.40. The predicted octanol–water partition coefficient (Wildman–Crippen LogP) is 3.09. The lowest BCUT2D eigenvalue weighted by Crippen LogP contribution is -2.44. The van der Waals surface area contributed by atoms with E-state index in [0.717, 1.165) is 12.0 Å². The summed E-state index contributed by atoms with van der Waals surface area (Å²) in [5.74, 6) is 0.981. The zero-order chi connectivity index (χ0) is 14.5. The molecule has 0 radical (unpaired) electrons. The molecule has 1 amide bonds. The number of hydrogen-bond acceptors (Lipinski definition) is 2. The van der Waals surface area contributed by atoms with Crippen molar-refractivity contribution in [2.75, 3.05) is 6.54 Å². The fourth-order valence-electron chi connectivity index (χ4n) is 2.77. The molecule has 3 nitrogen and oxygen atoms in total. The molecule has 1 aromatic rings. The average Bonchev–Trinajstić information content (AvgIpc) is 3.30. The Morgan fingerprint density at radius 2 is 1.95 bits per heavy atom. The molecule has 1 aromatic carbocycles. The highest BCUT2D eigenvalue weighted by Gasteiger charge is 2.34. The summed E-state index contributed by atoms with van der Waals surface area (Å²) in [6, 6.07) is 10.2. The van der Waals surface area contributed by atoms with Crippen LogP contribution in [0.4, 0.5) is 0 Å². The molecule has 1 aliphatic rings. The number of halogens is 1. The molecule has 118 valence electrons. The van der Waals surface area contributed by atoms with E-state index < -0.39 is 0 Å². The van der Waals surface area contributed by atoms with Crippen molar-refractivity contribution in [1.82, 2.24) is 5.32 Å². The van der Waals surface area contributed by atoms with Crippen LogP contribution in [0.1, 0.15) is 44.6 Å². The van der Waals surface area contributed by atoms with E-state index >= 15 is 0 Å². The monoisotopic (exact) mass is 310 g/mol. The van der Waals surface area contributed by atoms with Gasteiger partial charge in [0.2, 0.25) is 5.91 Å². The molecule has 3 N–H and O–H groups in total. The highest BCUT2D eigenvalue weighted by Crippen LogP contribution is 2.33. The molecular formula is C17H27ClN2O. The number of nitrogens with two attached hydrogens (primary N) is 1. The van der Waals surface area contributed by atoms with E-state index in [1.54, 1.807) is 0 Å². The van der Waals surface area contributed by atoms with Crippen molar-refractivity contribution in [2.24, 2.45) is 17.6 Å². The number of hydrogen-bond donors (Lipinski definition) is 2. The Labute approximate surface area is 134 Å².